The van der Waals surface area contributed by atoms with Gasteiger partial charge in [-0.25, -0.2) is 9.80 Å². The number of piperazine rings is 1. The lowest BCUT2D eigenvalue weighted by Crippen LogP contribution is -3.12. The zero-order valence-electron chi connectivity index (χ0n) is 15.5. The van der Waals surface area contributed by atoms with Crippen molar-refractivity contribution in [2.75, 3.05) is 57.9 Å². The van der Waals surface area contributed by atoms with Gasteiger partial charge < -0.3 is 24.6 Å². The van der Waals surface area contributed by atoms with E-state index in [9.17, 15) is 9.59 Å². The molecule has 9 heteroatoms. The van der Waals surface area contributed by atoms with Gasteiger partial charge in [0.15, 0.2) is 11.5 Å². The number of ether oxygens (including phenoxy) is 2. The van der Waals surface area contributed by atoms with Gasteiger partial charge in [0.1, 0.15) is 13.2 Å². The Labute approximate surface area is 158 Å². The Bertz CT molecular complexity index is 720. The molecule has 0 unspecified atom stereocenters. The molecule has 1 atom stereocenters. The number of amides is 3. The summed E-state index contributed by atoms with van der Waals surface area (Å²) < 4.78 is 11.1. The van der Waals surface area contributed by atoms with Gasteiger partial charge >= 0.3 is 6.03 Å². The van der Waals surface area contributed by atoms with Gasteiger partial charge in [-0.2, -0.15) is 0 Å². The van der Waals surface area contributed by atoms with Gasteiger partial charge in [0.05, 0.1) is 39.3 Å². The van der Waals surface area contributed by atoms with Crippen molar-refractivity contribution < 1.29 is 24.0 Å². The highest BCUT2D eigenvalue weighted by Gasteiger charge is 2.32. The summed E-state index contributed by atoms with van der Waals surface area (Å²) in [5, 5.41) is 4.84. The topological polar surface area (TPSA) is 87.6 Å². The van der Waals surface area contributed by atoms with Crippen LogP contribution in [0.15, 0.2) is 18.2 Å². The maximum atomic E-state index is 12.4. The summed E-state index contributed by atoms with van der Waals surface area (Å²) in [5.74, 6) is 1.33. The highest BCUT2D eigenvalue weighted by Crippen LogP contribution is 2.35. The van der Waals surface area contributed by atoms with Crippen LogP contribution >= 0.6 is 0 Å². The minimum atomic E-state index is -0.253. The van der Waals surface area contributed by atoms with E-state index in [-0.39, 0.29) is 24.4 Å². The van der Waals surface area contributed by atoms with E-state index in [2.05, 4.69) is 17.8 Å². The predicted molar refractivity (Wildman–Crippen MR) is 98.1 cm³/mol. The average molecular weight is 376 g/mol. The number of rotatable bonds is 3. The van der Waals surface area contributed by atoms with E-state index in [0.717, 1.165) is 31.9 Å². The third-order valence-electron chi connectivity index (χ3n) is 5.17. The fourth-order valence-electron chi connectivity index (χ4n) is 3.62. The number of hydrogen-bond donors (Lipinski definition) is 3. The monoisotopic (exact) mass is 376 g/mol. The molecule has 0 aliphatic carbocycles. The van der Waals surface area contributed by atoms with Gasteiger partial charge in [0, 0.05) is 24.7 Å². The van der Waals surface area contributed by atoms with Crippen LogP contribution in [-0.4, -0.2) is 76.0 Å². The first-order valence-corrected chi connectivity index (χ1v) is 9.42. The minimum absolute atomic E-state index is 0.0137. The molecule has 1 aromatic rings. The van der Waals surface area contributed by atoms with Crippen molar-refractivity contribution >= 4 is 17.6 Å². The third-order valence-corrected chi connectivity index (χ3v) is 5.17. The van der Waals surface area contributed by atoms with E-state index in [1.54, 1.807) is 4.90 Å². The van der Waals surface area contributed by atoms with Crippen molar-refractivity contribution in [3.63, 3.8) is 0 Å². The molecule has 27 heavy (non-hydrogen) atoms. The van der Waals surface area contributed by atoms with Gasteiger partial charge in [-0.15, -0.1) is 0 Å². The average Bonchev–Trinajstić information content (AvgIpc) is 3.03. The lowest BCUT2D eigenvalue weighted by Gasteiger charge is -2.30. The fourth-order valence-corrected chi connectivity index (χ4v) is 3.62. The first-order valence-electron chi connectivity index (χ1n) is 9.42. The van der Waals surface area contributed by atoms with E-state index < -0.39 is 0 Å². The Morgan fingerprint density at radius 1 is 1.19 bits per heavy atom. The molecule has 146 valence electrons. The van der Waals surface area contributed by atoms with Crippen LogP contribution in [0.5, 0.6) is 11.5 Å². The van der Waals surface area contributed by atoms with Gasteiger partial charge in [0.25, 0.3) is 0 Å². The van der Waals surface area contributed by atoms with Gasteiger partial charge in [-0.05, 0) is 12.1 Å². The molecule has 3 aliphatic rings. The molecule has 3 N–H and O–H groups in total. The Hall–Kier alpha value is -2.52. The first kappa shape index (κ1) is 17.9. The molecule has 2 saturated heterocycles. The number of benzene rings is 1. The van der Waals surface area contributed by atoms with Crippen LogP contribution in [-0.2, 0) is 4.79 Å². The second kappa shape index (κ2) is 7.61. The number of hydrogen-bond acceptors (Lipinski definition) is 5. The van der Waals surface area contributed by atoms with Crippen LogP contribution in [0.25, 0.3) is 0 Å². The van der Waals surface area contributed by atoms with Crippen LogP contribution in [0.2, 0.25) is 0 Å². The molecule has 3 amide bonds. The lowest BCUT2D eigenvalue weighted by atomic mass is 10.2. The first-order chi connectivity index (χ1) is 13.1. The number of likely N-dealkylation sites (N-methyl/N-ethyl adjacent to an activating group) is 1. The number of hydrazine groups is 1. The molecule has 3 aliphatic heterocycles. The molecule has 3 heterocycles. The van der Waals surface area contributed by atoms with Crippen molar-refractivity contribution in [3.05, 3.63) is 18.2 Å². The van der Waals surface area contributed by atoms with Gasteiger partial charge in [0.2, 0.25) is 5.91 Å². The summed E-state index contributed by atoms with van der Waals surface area (Å²) in [6.45, 7) is 5.13. The van der Waals surface area contributed by atoms with Crippen molar-refractivity contribution in [1.82, 2.24) is 15.8 Å². The quantitative estimate of drug-likeness (QED) is 0.605. The van der Waals surface area contributed by atoms with Crippen LogP contribution in [0.4, 0.5) is 10.5 Å². The maximum absolute atomic E-state index is 12.4. The molecule has 0 saturated carbocycles. The molecule has 0 spiro atoms. The summed E-state index contributed by atoms with van der Waals surface area (Å²) in [6, 6.07) is 5.02. The molecular formula is C18H26N5O4+. The van der Waals surface area contributed by atoms with Crippen LogP contribution in [0.1, 0.15) is 6.42 Å². The van der Waals surface area contributed by atoms with Crippen molar-refractivity contribution in [3.8, 4) is 11.5 Å². The number of carbonyl (C=O) groups excluding carboxylic acids is 2. The van der Waals surface area contributed by atoms with E-state index in [4.69, 9.17) is 9.47 Å². The van der Waals surface area contributed by atoms with Crippen molar-refractivity contribution in [2.24, 2.45) is 0 Å². The zero-order valence-corrected chi connectivity index (χ0v) is 15.5. The Balaban J connectivity index is 1.33. The number of fused-ring (bicyclic) bond motifs is 1. The molecule has 1 aromatic carbocycles. The lowest BCUT2D eigenvalue weighted by molar-refractivity contribution is -0.884. The second-order valence-electron chi connectivity index (χ2n) is 7.26. The van der Waals surface area contributed by atoms with E-state index in [1.807, 2.05) is 23.2 Å². The number of nitrogens with one attached hydrogen (secondary N) is 3. The Kier molecular flexibility index (Phi) is 5.04. The molecule has 9 nitrogen and oxygen atoms in total. The van der Waals surface area contributed by atoms with Crippen LogP contribution in [0, 0.1) is 0 Å². The highest BCUT2D eigenvalue weighted by atomic mass is 16.6. The molecule has 0 radical (unpaired) electrons. The number of quaternary nitrogens is 1. The third kappa shape index (κ3) is 4.09. The summed E-state index contributed by atoms with van der Waals surface area (Å²) in [6.07, 6.45) is 0.286. The van der Waals surface area contributed by atoms with Gasteiger partial charge in [-0.1, -0.05) is 0 Å². The molecule has 2 fully saturated rings. The number of nitrogens with zero attached hydrogens (tertiary/aromatic N) is 2. The smallest absolute Gasteiger partial charge is 0.329 e. The van der Waals surface area contributed by atoms with E-state index in [1.165, 1.54) is 4.90 Å². The molecular weight excluding hydrogens is 350 g/mol. The normalized spacial score (nSPS) is 23.4. The number of carbonyl (C=O) groups is 2. The van der Waals surface area contributed by atoms with Crippen LogP contribution < -0.4 is 30.0 Å². The Morgan fingerprint density at radius 2 is 1.93 bits per heavy atom. The van der Waals surface area contributed by atoms with E-state index >= 15 is 0 Å². The molecule has 0 bridgehead atoms. The summed E-state index contributed by atoms with van der Waals surface area (Å²) in [7, 11) is 2.15. The maximum Gasteiger partial charge on any atom is 0.329 e. The molecule has 4 rings (SSSR count). The summed E-state index contributed by atoms with van der Waals surface area (Å²) in [5.41, 5.74) is 3.64. The van der Waals surface area contributed by atoms with Crippen molar-refractivity contribution in [2.45, 2.75) is 12.5 Å². The number of anilines is 1. The zero-order chi connectivity index (χ0) is 18.8. The summed E-state index contributed by atoms with van der Waals surface area (Å²) >= 11 is 0. The largest absolute Gasteiger partial charge is 0.486 e. The van der Waals surface area contributed by atoms with Crippen molar-refractivity contribution in [1.29, 1.82) is 0 Å². The standard InChI is InChI=1S/C18H25N5O4/c1-21-4-6-22(7-5-21)20-18(25)19-13-10-17(24)23(12-13)14-2-3-15-16(11-14)27-9-8-26-15/h2-3,11,13H,4-10,12H2,1H3,(H2,19,20,25)/p+1/t13-/m1/s1. The molecule has 0 aromatic heterocycles. The minimum Gasteiger partial charge on any atom is -0.486 e. The Morgan fingerprint density at radius 3 is 2.70 bits per heavy atom. The second-order valence-corrected chi connectivity index (χ2v) is 7.26. The summed E-state index contributed by atoms with van der Waals surface area (Å²) in [4.78, 5) is 27.8. The SMILES string of the molecule is C[NH+]1CCN(NC(=O)N[C@@H]2CC(=O)N(c3ccc4c(c3)OCCO4)C2)CC1. The predicted octanol–water partition coefficient (Wildman–Crippen LogP) is -1.39. The number of urea groups is 1. The van der Waals surface area contributed by atoms with Crippen LogP contribution in [0.3, 0.4) is 0 Å². The highest BCUT2D eigenvalue weighted by molar-refractivity contribution is 5.97. The fraction of sp³-hybridized carbons (Fsp3) is 0.556. The van der Waals surface area contributed by atoms with Gasteiger partial charge in [-0.3, -0.25) is 10.2 Å². The van der Waals surface area contributed by atoms with E-state index in [0.29, 0.717) is 31.3 Å².